The molecule has 2 amide bonds. The SMILES string of the molecule is CCCOC(=O)CCC(=O)NC(=S)N1CCNC(=O)C1CC(=O)OCc1ccccc1. The highest BCUT2D eigenvalue weighted by atomic mass is 32.1. The van der Waals surface area contributed by atoms with Gasteiger partial charge in [-0.05, 0) is 24.2 Å². The molecule has 1 unspecified atom stereocenters. The van der Waals surface area contributed by atoms with Gasteiger partial charge in [0.1, 0.15) is 12.6 Å². The Morgan fingerprint density at radius 3 is 2.61 bits per heavy atom. The van der Waals surface area contributed by atoms with E-state index in [4.69, 9.17) is 21.7 Å². The molecule has 10 heteroatoms. The number of benzene rings is 1. The number of rotatable bonds is 9. The van der Waals surface area contributed by atoms with Gasteiger partial charge in [0.05, 0.1) is 19.4 Å². The Morgan fingerprint density at radius 2 is 1.90 bits per heavy atom. The number of piperazine rings is 1. The zero-order valence-corrected chi connectivity index (χ0v) is 18.2. The van der Waals surface area contributed by atoms with Gasteiger partial charge in [-0.15, -0.1) is 0 Å². The van der Waals surface area contributed by atoms with Crippen molar-refractivity contribution in [2.24, 2.45) is 0 Å². The third-order valence-electron chi connectivity index (χ3n) is 4.46. The summed E-state index contributed by atoms with van der Waals surface area (Å²) in [5.41, 5.74) is 0.834. The molecule has 2 rings (SSSR count). The molecule has 0 bridgehead atoms. The molecule has 0 radical (unpaired) electrons. The number of hydrogen-bond acceptors (Lipinski definition) is 7. The van der Waals surface area contributed by atoms with Gasteiger partial charge in [-0.25, -0.2) is 0 Å². The van der Waals surface area contributed by atoms with E-state index >= 15 is 0 Å². The highest BCUT2D eigenvalue weighted by Crippen LogP contribution is 2.12. The third kappa shape index (κ3) is 8.33. The maximum absolute atomic E-state index is 12.3. The summed E-state index contributed by atoms with van der Waals surface area (Å²) in [7, 11) is 0. The van der Waals surface area contributed by atoms with Crippen LogP contribution in [0.4, 0.5) is 0 Å². The molecule has 0 aliphatic carbocycles. The molecule has 9 nitrogen and oxygen atoms in total. The van der Waals surface area contributed by atoms with Gasteiger partial charge in [-0.1, -0.05) is 37.3 Å². The predicted octanol–water partition coefficient (Wildman–Crippen LogP) is 1.05. The molecule has 1 heterocycles. The number of carbonyl (C=O) groups excluding carboxylic acids is 4. The highest BCUT2D eigenvalue weighted by molar-refractivity contribution is 7.80. The fourth-order valence-electron chi connectivity index (χ4n) is 2.87. The van der Waals surface area contributed by atoms with Gasteiger partial charge in [-0.2, -0.15) is 0 Å². The minimum absolute atomic E-state index is 0.0302. The standard InChI is InChI=1S/C21H27N3O6S/c1-2-12-29-18(26)9-8-17(25)23-21(31)24-11-10-22-20(28)16(24)13-19(27)30-14-15-6-4-3-5-7-15/h3-7,16H,2,8-14H2,1H3,(H,22,28)(H,23,25,31). The van der Waals surface area contributed by atoms with E-state index in [-0.39, 0.29) is 36.9 Å². The van der Waals surface area contributed by atoms with E-state index < -0.39 is 23.9 Å². The first-order chi connectivity index (χ1) is 14.9. The second kappa shape index (κ2) is 12.6. The molecule has 0 aromatic heterocycles. The van der Waals surface area contributed by atoms with Crippen molar-refractivity contribution < 1.29 is 28.7 Å². The lowest BCUT2D eigenvalue weighted by atomic mass is 10.1. The number of hydrogen-bond donors (Lipinski definition) is 2. The largest absolute Gasteiger partial charge is 0.466 e. The lowest BCUT2D eigenvalue weighted by Gasteiger charge is -2.36. The number of carbonyl (C=O) groups is 4. The Kier molecular flexibility index (Phi) is 9.89. The Labute approximate surface area is 186 Å². The van der Waals surface area contributed by atoms with Crippen LogP contribution in [0.1, 0.15) is 38.2 Å². The molecule has 1 aliphatic heterocycles. The second-order valence-electron chi connectivity index (χ2n) is 6.92. The summed E-state index contributed by atoms with van der Waals surface area (Å²) in [4.78, 5) is 49.7. The topological polar surface area (TPSA) is 114 Å². The fourth-order valence-corrected chi connectivity index (χ4v) is 3.21. The minimum atomic E-state index is -0.889. The molecule has 1 atom stereocenters. The third-order valence-corrected chi connectivity index (χ3v) is 4.80. The first kappa shape index (κ1) is 24.3. The van der Waals surface area contributed by atoms with E-state index in [0.29, 0.717) is 26.1 Å². The van der Waals surface area contributed by atoms with Gasteiger partial charge in [0.25, 0.3) is 0 Å². The van der Waals surface area contributed by atoms with Crippen molar-refractivity contribution in [3.63, 3.8) is 0 Å². The molecule has 0 saturated carbocycles. The predicted molar refractivity (Wildman–Crippen MR) is 116 cm³/mol. The van der Waals surface area contributed by atoms with Gasteiger partial charge in [0.2, 0.25) is 11.8 Å². The molecule has 0 spiro atoms. The summed E-state index contributed by atoms with van der Waals surface area (Å²) in [6, 6.07) is 8.30. The number of thiocarbonyl (C=S) groups is 1. The van der Waals surface area contributed by atoms with Gasteiger partial charge in [0, 0.05) is 19.5 Å². The molecule has 1 saturated heterocycles. The monoisotopic (exact) mass is 449 g/mol. The van der Waals surface area contributed by atoms with Crippen LogP contribution in [0.15, 0.2) is 30.3 Å². The van der Waals surface area contributed by atoms with Crippen LogP contribution in [0.2, 0.25) is 0 Å². The van der Waals surface area contributed by atoms with Crippen LogP contribution < -0.4 is 10.6 Å². The smallest absolute Gasteiger partial charge is 0.308 e. The van der Waals surface area contributed by atoms with E-state index in [1.807, 2.05) is 37.3 Å². The molecular weight excluding hydrogens is 422 g/mol. The Balaban J connectivity index is 1.86. The number of amides is 2. The van der Waals surface area contributed by atoms with Gasteiger partial charge in [-0.3, -0.25) is 19.2 Å². The lowest BCUT2D eigenvalue weighted by Crippen LogP contribution is -2.60. The van der Waals surface area contributed by atoms with Crippen LogP contribution in [-0.2, 0) is 35.3 Å². The molecule has 1 aliphatic rings. The minimum Gasteiger partial charge on any atom is -0.466 e. The van der Waals surface area contributed by atoms with E-state index in [0.717, 1.165) is 5.56 Å². The van der Waals surface area contributed by atoms with Gasteiger partial charge >= 0.3 is 11.9 Å². The van der Waals surface area contributed by atoms with Crippen LogP contribution in [0.5, 0.6) is 0 Å². The van der Waals surface area contributed by atoms with Crippen LogP contribution in [-0.4, -0.2) is 59.5 Å². The summed E-state index contributed by atoms with van der Waals surface area (Å²) in [6.07, 6.45) is 0.336. The highest BCUT2D eigenvalue weighted by Gasteiger charge is 2.34. The van der Waals surface area contributed by atoms with Crippen LogP contribution in [0.25, 0.3) is 0 Å². The van der Waals surface area contributed by atoms with Crippen molar-refractivity contribution in [3.8, 4) is 0 Å². The maximum Gasteiger partial charge on any atom is 0.308 e. The van der Waals surface area contributed by atoms with Crippen molar-refractivity contribution >= 4 is 41.1 Å². The summed E-state index contributed by atoms with van der Waals surface area (Å²) in [6.45, 7) is 2.95. The van der Waals surface area contributed by atoms with Crippen molar-refractivity contribution in [1.82, 2.24) is 15.5 Å². The van der Waals surface area contributed by atoms with E-state index in [9.17, 15) is 19.2 Å². The average molecular weight is 450 g/mol. The van der Waals surface area contributed by atoms with Crippen molar-refractivity contribution in [2.75, 3.05) is 19.7 Å². The molecule has 1 fully saturated rings. The van der Waals surface area contributed by atoms with Crippen molar-refractivity contribution in [3.05, 3.63) is 35.9 Å². The quantitative estimate of drug-likeness (QED) is 0.425. The number of ether oxygens (including phenoxy) is 2. The zero-order valence-electron chi connectivity index (χ0n) is 17.4. The molecule has 1 aromatic rings. The molecule has 168 valence electrons. The number of nitrogens with zero attached hydrogens (tertiary/aromatic N) is 1. The average Bonchev–Trinajstić information content (AvgIpc) is 2.76. The van der Waals surface area contributed by atoms with Crippen molar-refractivity contribution in [2.45, 2.75) is 45.3 Å². The first-order valence-electron chi connectivity index (χ1n) is 10.1. The maximum atomic E-state index is 12.3. The molecular formula is C21H27N3O6S. The van der Waals surface area contributed by atoms with E-state index in [1.54, 1.807) is 0 Å². The molecule has 2 N–H and O–H groups in total. The van der Waals surface area contributed by atoms with Crippen LogP contribution in [0.3, 0.4) is 0 Å². The normalized spacial score (nSPS) is 15.6. The van der Waals surface area contributed by atoms with Gasteiger partial charge in [0.15, 0.2) is 5.11 Å². The molecule has 1 aromatic carbocycles. The Bertz CT molecular complexity index is 802. The summed E-state index contributed by atoms with van der Waals surface area (Å²) in [5.74, 6) is -1.85. The van der Waals surface area contributed by atoms with Gasteiger partial charge < -0.3 is 25.0 Å². The lowest BCUT2D eigenvalue weighted by molar-refractivity contribution is -0.148. The van der Waals surface area contributed by atoms with Crippen molar-refractivity contribution in [1.29, 1.82) is 0 Å². The Hall–Kier alpha value is -3.01. The van der Waals surface area contributed by atoms with Crippen LogP contribution >= 0.6 is 12.2 Å². The molecule has 31 heavy (non-hydrogen) atoms. The summed E-state index contributed by atoms with van der Waals surface area (Å²) >= 11 is 5.27. The van der Waals surface area contributed by atoms with E-state index in [2.05, 4.69) is 10.6 Å². The summed E-state index contributed by atoms with van der Waals surface area (Å²) in [5, 5.41) is 5.24. The van der Waals surface area contributed by atoms with E-state index in [1.165, 1.54) is 4.90 Å². The Morgan fingerprint density at radius 1 is 1.16 bits per heavy atom. The van der Waals surface area contributed by atoms with Crippen LogP contribution in [0, 0.1) is 0 Å². The zero-order chi connectivity index (χ0) is 22.6. The second-order valence-corrected chi connectivity index (χ2v) is 7.31. The first-order valence-corrected chi connectivity index (χ1v) is 10.5. The fraction of sp³-hybridized carbons (Fsp3) is 0.476. The summed E-state index contributed by atoms with van der Waals surface area (Å²) < 4.78 is 10.2. The number of esters is 2. The number of nitrogens with one attached hydrogen (secondary N) is 2.